The lowest BCUT2D eigenvalue weighted by Gasteiger charge is -2.18. The lowest BCUT2D eigenvalue weighted by Crippen LogP contribution is -2.30. The van der Waals surface area contributed by atoms with Gasteiger partial charge in [-0.3, -0.25) is 4.79 Å². The fraction of sp³-hybridized carbons (Fsp3) is 0.462. The molecule has 0 aliphatic rings. The third kappa shape index (κ3) is 4.64. The zero-order chi connectivity index (χ0) is 15.3. The summed E-state index contributed by atoms with van der Waals surface area (Å²) in [6.07, 6.45) is -5.33. The molecule has 2 N–H and O–H groups in total. The number of benzene rings is 1. The largest absolute Gasteiger partial charge is 0.492 e. The standard InChI is InChI=1S/C13H17F3N2O2/c1-3-20-11-5-4-9(8-10(11)17)12(19)18(2)7-6-13(14,15)16/h4-5,8H,3,6-7,17H2,1-2H3. The molecule has 0 radical (unpaired) electrons. The van der Waals surface area contributed by atoms with Crippen molar-refractivity contribution in [1.29, 1.82) is 0 Å². The maximum atomic E-state index is 12.1. The van der Waals surface area contributed by atoms with Crippen LogP contribution in [0.5, 0.6) is 5.75 Å². The van der Waals surface area contributed by atoms with E-state index >= 15 is 0 Å². The Labute approximate surface area is 115 Å². The molecule has 0 fully saturated rings. The molecule has 0 aromatic heterocycles. The van der Waals surface area contributed by atoms with E-state index in [-0.39, 0.29) is 11.3 Å². The quantitative estimate of drug-likeness (QED) is 0.848. The number of hydrogen-bond donors (Lipinski definition) is 1. The fourth-order valence-corrected chi connectivity index (χ4v) is 1.58. The normalized spacial score (nSPS) is 11.2. The second kappa shape index (κ2) is 6.49. The van der Waals surface area contributed by atoms with Gasteiger partial charge in [0, 0.05) is 19.2 Å². The number of carbonyl (C=O) groups excluding carboxylic acids is 1. The molecule has 0 heterocycles. The molecule has 0 atom stereocenters. The molecule has 0 saturated heterocycles. The molecular weight excluding hydrogens is 273 g/mol. The number of alkyl halides is 3. The molecule has 0 aliphatic carbocycles. The number of hydrogen-bond acceptors (Lipinski definition) is 3. The molecule has 0 spiro atoms. The van der Waals surface area contributed by atoms with E-state index in [1.54, 1.807) is 6.92 Å². The molecule has 1 aromatic rings. The minimum atomic E-state index is -4.29. The zero-order valence-electron chi connectivity index (χ0n) is 11.3. The number of nitrogens with two attached hydrogens (primary N) is 1. The van der Waals surface area contributed by atoms with Crippen LogP contribution in [0.15, 0.2) is 18.2 Å². The third-order valence-electron chi connectivity index (χ3n) is 2.63. The van der Waals surface area contributed by atoms with E-state index in [0.717, 1.165) is 4.90 Å². The maximum Gasteiger partial charge on any atom is 0.390 e. The minimum absolute atomic E-state index is 0.232. The molecule has 1 rings (SSSR count). The summed E-state index contributed by atoms with van der Waals surface area (Å²) in [5.74, 6) is -0.0639. The Morgan fingerprint density at radius 2 is 2.05 bits per heavy atom. The van der Waals surface area contributed by atoms with Crippen molar-refractivity contribution in [1.82, 2.24) is 4.90 Å². The van der Waals surface area contributed by atoms with Gasteiger partial charge in [0.2, 0.25) is 0 Å². The van der Waals surface area contributed by atoms with Gasteiger partial charge in [0.15, 0.2) is 0 Å². The Kier molecular flexibility index (Phi) is 5.24. The van der Waals surface area contributed by atoms with Crippen molar-refractivity contribution >= 4 is 11.6 Å². The van der Waals surface area contributed by atoms with Crippen molar-refractivity contribution in [2.24, 2.45) is 0 Å². The molecule has 0 aliphatic heterocycles. The van der Waals surface area contributed by atoms with E-state index in [0.29, 0.717) is 12.4 Å². The van der Waals surface area contributed by atoms with Crippen molar-refractivity contribution in [3.63, 3.8) is 0 Å². The Morgan fingerprint density at radius 3 is 2.55 bits per heavy atom. The van der Waals surface area contributed by atoms with E-state index in [4.69, 9.17) is 10.5 Å². The topological polar surface area (TPSA) is 55.6 Å². The molecule has 112 valence electrons. The minimum Gasteiger partial charge on any atom is -0.492 e. The first-order chi connectivity index (χ1) is 9.24. The number of anilines is 1. The number of amides is 1. The maximum absolute atomic E-state index is 12.1. The first kappa shape index (κ1) is 16.1. The van der Waals surface area contributed by atoms with Gasteiger partial charge in [0.05, 0.1) is 18.7 Å². The predicted molar refractivity (Wildman–Crippen MR) is 69.7 cm³/mol. The van der Waals surface area contributed by atoms with Gasteiger partial charge in [-0.25, -0.2) is 0 Å². The van der Waals surface area contributed by atoms with Gasteiger partial charge in [-0.05, 0) is 25.1 Å². The second-order valence-corrected chi connectivity index (χ2v) is 4.28. The van der Waals surface area contributed by atoms with Crippen LogP contribution in [0.1, 0.15) is 23.7 Å². The van der Waals surface area contributed by atoms with Crippen LogP contribution in [0.2, 0.25) is 0 Å². The SMILES string of the molecule is CCOc1ccc(C(=O)N(C)CCC(F)(F)F)cc1N. The van der Waals surface area contributed by atoms with Gasteiger partial charge < -0.3 is 15.4 Å². The number of ether oxygens (including phenoxy) is 1. The summed E-state index contributed by atoms with van der Waals surface area (Å²) in [5, 5.41) is 0. The van der Waals surface area contributed by atoms with Crippen LogP contribution in [0.4, 0.5) is 18.9 Å². The summed E-state index contributed by atoms with van der Waals surface area (Å²) in [4.78, 5) is 13.0. The van der Waals surface area contributed by atoms with Crippen LogP contribution in [0, 0.1) is 0 Å². The van der Waals surface area contributed by atoms with Crippen LogP contribution in [-0.4, -0.2) is 37.2 Å². The Morgan fingerprint density at radius 1 is 1.40 bits per heavy atom. The number of carbonyl (C=O) groups is 1. The zero-order valence-corrected chi connectivity index (χ0v) is 11.3. The highest BCUT2D eigenvalue weighted by Crippen LogP contribution is 2.24. The summed E-state index contributed by atoms with van der Waals surface area (Å²) in [6.45, 7) is 1.84. The van der Waals surface area contributed by atoms with E-state index in [9.17, 15) is 18.0 Å². The number of nitrogens with zero attached hydrogens (tertiary/aromatic N) is 1. The van der Waals surface area contributed by atoms with Crippen molar-refractivity contribution in [3.05, 3.63) is 23.8 Å². The highest BCUT2D eigenvalue weighted by atomic mass is 19.4. The van der Waals surface area contributed by atoms with Gasteiger partial charge >= 0.3 is 6.18 Å². The fourth-order valence-electron chi connectivity index (χ4n) is 1.58. The lowest BCUT2D eigenvalue weighted by atomic mass is 10.1. The van der Waals surface area contributed by atoms with E-state index < -0.39 is 25.0 Å². The number of nitrogen functional groups attached to an aromatic ring is 1. The molecular formula is C13H17F3N2O2. The molecule has 20 heavy (non-hydrogen) atoms. The van der Waals surface area contributed by atoms with Crippen molar-refractivity contribution in [2.45, 2.75) is 19.5 Å². The summed E-state index contributed by atoms with van der Waals surface area (Å²) < 4.78 is 41.6. The van der Waals surface area contributed by atoms with Crippen LogP contribution in [0.25, 0.3) is 0 Å². The molecule has 0 saturated carbocycles. The predicted octanol–water partition coefficient (Wildman–Crippen LogP) is 2.69. The average Bonchev–Trinajstić information content (AvgIpc) is 2.37. The van der Waals surface area contributed by atoms with Gasteiger partial charge in [-0.2, -0.15) is 13.2 Å². The van der Waals surface area contributed by atoms with Gasteiger partial charge in [-0.15, -0.1) is 0 Å². The van der Waals surface area contributed by atoms with Gasteiger partial charge in [-0.1, -0.05) is 0 Å². The molecule has 0 bridgehead atoms. The molecule has 4 nitrogen and oxygen atoms in total. The smallest absolute Gasteiger partial charge is 0.390 e. The summed E-state index contributed by atoms with van der Waals surface area (Å²) in [6, 6.07) is 4.41. The second-order valence-electron chi connectivity index (χ2n) is 4.28. The monoisotopic (exact) mass is 290 g/mol. The van der Waals surface area contributed by atoms with E-state index in [1.165, 1.54) is 25.2 Å². The van der Waals surface area contributed by atoms with Crippen LogP contribution >= 0.6 is 0 Å². The van der Waals surface area contributed by atoms with Crippen molar-refractivity contribution in [3.8, 4) is 5.75 Å². The van der Waals surface area contributed by atoms with E-state index in [1.807, 2.05) is 0 Å². The average molecular weight is 290 g/mol. The first-order valence-electron chi connectivity index (χ1n) is 6.09. The number of halogens is 3. The van der Waals surface area contributed by atoms with Crippen LogP contribution in [-0.2, 0) is 0 Å². The summed E-state index contributed by atoms with van der Waals surface area (Å²) >= 11 is 0. The Bertz CT molecular complexity index is 475. The third-order valence-corrected chi connectivity index (χ3v) is 2.63. The van der Waals surface area contributed by atoms with Gasteiger partial charge in [0.1, 0.15) is 5.75 Å². The highest BCUT2D eigenvalue weighted by molar-refractivity contribution is 5.95. The Hall–Kier alpha value is -1.92. The molecule has 0 unspecified atom stereocenters. The Balaban J connectivity index is 2.74. The van der Waals surface area contributed by atoms with Crippen molar-refractivity contribution in [2.75, 3.05) is 25.9 Å². The van der Waals surface area contributed by atoms with Crippen LogP contribution in [0.3, 0.4) is 0 Å². The highest BCUT2D eigenvalue weighted by Gasteiger charge is 2.28. The van der Waals surface area contributed by atoms with Crippen molar-refractivity contribution < 1.29 is 22.7 Å². The van der Waals surface area contributed by atoms with Crippen LogP contribution < -0.4 is 10.5 Å². The van der Waals surface area contributed by atoms with E-state index in [2.05, 4.69) is 0 Å². The van der Waals surface area contributed by atoms with Gasteiger partial charge in [0.25, 0.3) is 5.91 Å². The summed E-state index contributed by atoms with van der Waals surface area (Å²) in [5.41, 5.74) is 6.22. The number of rotatable bonds is 5. The summed E-state index contributed by atoms with van der Waals surface area (Å²) in [7, 11) is 1.32. The molecule has 1 aromatic carbocycles. The lowest BCUT2D eigenvalue weighted by molar-refractivity contribution is -0.136. The molecule has 1 amide bonds. The first-order valence-corrected chi connectivity index (χ1v) is 6.09. The molecule has 7 heteroatoms.